The monoisotopic (exact) mass is 1160 g/mol. The summed E-state index contributed by atoms with van der Waals surface area (Å²) in [5.74, 6) is -7.05. The van der Waals surface area contributed by atoms with Gasteiger partial charge in [-0.25, -0.2) is 4.79 Å². The molecule has 0 aromatic carbocycles. The van der Waals surface area contributed by atoms with Gasteiger partial charge in [-0.05, 0) is 0 Å². The van der Waals surface area contributed by atoms with E-state index >= 15 is 0 Å². The van der Waals surface area contributed by atoms with E-state index < -0.39 is 254 Å². The SMILES string of the molecule is CC(=O)N[C@H]1[C@H](O[C@H]2[C@@H](O)[C@@H](CO)O[C@H](O[C@H]3[C@@H](O)[C@@H](CO)O[C@@H](O[C@H]4[C@H](O)[C@@H](O)C(O)O[C@@H]4CO)[C@@H]3O)[C@@H]2O)O[C@H](CO)[C@@H](O[C@@H]2O[C@H](CO)[C@H](O)[C@H](O[C@]3(C(=O)O)C[C@H](O)[C@@H](NC(C)=O)[C@H]([C@H](O)[C@H](O)CO)O3)[C@H]2O)[C@@H]1O. The van der Waals surface area contributed by atoms with Crippen molar-refractivity contribution in [2.75, 3.05) is 39.6 Å². The van der Waals surface area contributed by atoms with Crippen LogP contribution in [0.4, 0.5) is 0 Å². The van der Waals surface area contributed by atoms with Crippen LogP contribution in [0.2, 0.25) is 0 Å². The second kappa shape index (κ2) is 27.7. The zero-order chi connectivity index (χ0) is 58.7. The van der Waals surface area contributed by atoms with Crippen molar-refractivity contribution in [3.05, 3.63) is 0 Å². The summed E-state index contributed by atoms with van der Waals surface area (Å²) in [5, 5.41) is 219. The molecule has 0 bridgehead atoms. The number of aliphatic hydroxyl groups is 19. The zero-order valence-electron chi connectivity index (χ0n) is 41.9. The maximum Gasteiger partial charge on any atom is 0.364 e. The molecule has 0 aromatic rings. The van der Waals surface area contributed by atoms with Crippen molar-refractivity contribution >= 4 is 17.8 Å². The molecule has 36 heteroatoms. The van der Waals surface area contributed by atoms with Gasteiger partial charge in [-0.1, -0.05) is 0 Å². The number of carbonyl (C=O) groups excluding carboxylic acids is 2. The third kappa shape index (κ3) is 13.9. The molecule has 0 spiro atoms. The number of carboxylic acids is 1. The van der Waals surface area contributed by atoms with E-state index in [2.05, 4.69) is 10.6 Å². The Morgan fingerprint density at radius 2 is 0.886 bits per heavy atom. The molecular weight excluding hydrogens is 1090 g/mol. The number of amides is 2. The van der Waals surface area contributed by atoms with E-state index in [1.807, 2.05) is 0 Å². The number of rotatable bonds is 21. The van der Waals surface area contributed by atoms with E-state index in [1.165, 1.54) is 0 Å². The first-order valence-corrected chi connectivity index (χ1v) is 24.8. The highest BCUT2D eigenvalue weighted by Gasteiger charge is 2.61. The lowest BCUT2D eigenvalue weighted by Gasteiger charge is -2.51. The highest BCUT2D eigenvalue weighted by Crippen LogP contribution is 2.40. The maximum atomic E-state index is 13.0. The van der Waals surface area contributed by atoms with E-state index in [4.69, 9.17) is 52.1 Å². The van der Waals surface area contributed by atoms with Crippen LogP contribution in [-0.4, -0.2) is 349 Å². The van der Waals surface area contributed by atoms with Gasteiger partial charge in [0, 0.05) is 20.3 Å². The molecule has 6 fully saturated rings. The number of hydrogen-bond donors (Lipinski definition) is 22. The fourth-order valence-corrected chi connectivity index (χ4v) is 10.0. The highest BCUT2D eigenvalue weighted by molar-refractivity contribution is 5.76. The standard InChI is InChI=1S/C43H72N2O34/c1-10(52)44-19-12(54)3-43(42(67)68,78-33(19)21(56)13(55)4-46)79-36-24(59)16(7-49)72-41(30(36)65)74-31-18(9-51)73-38(20(25(31)60)45-11(2)53)76-34-22(57)14(5-47)71-40(28(34)63)77-35-23(58)15(6-48)70-39(29(35)64)75-32-17(8-50)69-37(66)27(62)26(32)61/h12-41,46-51,54-66H,3-9H2,1-2H3,(H,44,52)(H,45,53)(H,67,68)/t12-,13+,14+,15+,16+,17+,18+,19+,20+,21+,22-,23-,24-,25+,26+,27+,28+,29+,30+,31+,32+,33+,34-,35-,36-,37?,38-,39-,40+,41-,43-/m0/s1. The summed E-state index contributed by atoms with van der Waals surface area (Å²) in [4.78, 5) is 37.7. The summed E-state index contributed by atoms with van der Waals surface area (Å²) in [6.45, 7) is -4.50. The molecule has 31 atom stereocenters. The second-order valence-corrected chi connectivity index (χ2v) is 19.7. The van der Waals surface area contributed by atoms with Crippen molar-refractivity contribution in [2.45, 2.75) is 210 Å². The van der Waals surface area contributed by atoms with E-state index in [1.54, 1.807) is 0 Å². The number of carbonyl (C=O) groups is 3. The molecule has 6 heterocycles. The summed E-state index contributed by atoms with van der Waals surface area (Å²) >= 11 is 0. The summed E-state index contributed by atoms with van der Waals surface area (Å²) in [7, 11) is 0. The van der Waals surface area contributed by atoms with Crippen LogP contribution in [0, 0.1) is 0 Å². The van der Waals surface area contributed by atoms with Crippen molar-refractivity contribution in [1.29, 1.82) is 0 Å². The molecule has 6 rings (SSSR count). The molecular formula is C43H72N2O34. The van der Waals surface area contributed by atoms with Gasteiger partial charge in [-0.15, -0.1) is 0 Å². The molecule has 1 unspecified atom stereocenters. The van der Waals surface area contributed by atoms with Gasteiger partial charge in [0.05, 0.1) is 51.8 Å². The van der Waals surface area contributed by atoms with Crippen LogP contribution in [0.3, 0.4) is 0 Å². The fourth-order valence-electron chi connectivity index (χ4n) is 10.0. The third-order valence-electron chi connectivity index (χ3n) is 14.2. The second-order valence-electron chi connectivity index (χ2n) is 19.7. The number of carboxylic acid groups (broad SMARTS) is 1. The van der Waals surface area contributed by atoms with Gasteiger partial charge in [-0.3, -0.25) is 9.59 Å². The maximum absolute atomic E-state index is 13.0. The summed E-state index contributed by atoms with van der Waals surface area (Å²) < 4.78 is 62.0. The van der Waals surface area contributed by atoms with Crippen LogP contribution >= 0.6 is 0 Å². The Balaban J connectivity index is 1.23. The predicted octanol–water partition coefficient (Wildman–Crippen LogP) is -14.6. The molecule has 6 aliphatic rings. The van der Waals surface area contributed by atoms with Gasteiger partial charge in [0.2, 0.25) is 11.8 Å². The largest absolute Gasteiger partial charge is 0.477 e. The first-order chi connectivity index (χ1) is 37.2. The van der Waals surface area contributed by atoms with Gasteiger partial charge >= 0.3 is 5.97 Å². The van der Waals surface area contributed by atoms with E-state index in [0.29, 0.717) is 0 Å². The van der Waals surface area contributed by atoms with Crippen LogP contribution in [0.5, 0.6) is 0 Å². The van der Waals surface area contributed by atoms with Crippen LogP contribution in [0.25, 0.3) is 0 Å². The Hall–Kier alpha value is -2.79. The number of aliphatic carboxylic acids is 1. The minimum atomic E-state index is -3.20. The Morgan fingerprint density at radius 3 is 1.33 bits per heavy atom. The number of hydrogen-bond acceptors (Lipinski definition) is 33. The molecule has 36 nitrogen and oxygen atoms in total. The van der Waals surface area contributed by atoms with E-state index in [0.717, 1.165) is 13.8 Å². The number of aliphatic hydroxyl groups excluding tert-OH is 19. The highest BCUT2D eigenvalue weighted by atomic mass is 16.8. The summed E-state index contributed by atoms with van der Waals surface area (Å²) in [5.41, 5.74) is 0. The van der Waals surface area contributed by atoms with Crippen LogP contribution in [0.1, 0.15) is 20.3 Å². The third-order valence-corrected chi connectivity index (χ3v) is 14.2. The van der Waals surface area contributed by atoms with Crippen molar-refractivity contribution < 1.29 is 169 Å². The molecule has 6 aliphatic heterocycles. The zero-order valence-corrected chi connectivity index (χ0v) is 41.9. The Bertz CT molecular complexity index is 1970. The first kappa shape index (κ1) is 65.4. The molecule has 0 aliphatic carbocycles. The van der Waals surface area contributed by atoms with Gasteiger partial charge in [0.1, 0.15) is 140 Å². The van der Waals surface area contributed by atoms with Gasteiger partial charge < -0.3 is 165 Å². The molecule has 79 heavy (non-hydrogen) atoms. The van der Waals surface area contributed by atoms with Crippen LogP contribution in [0.15, 0.2) is 0 Å². The Kier molecular flexibility index (Phi) is 22.9. The number of nitrogens with one attached hydrogen (secondary N) is 2. The van der Waals surface area contributed by atoms with Gasteiger partial charge in [-0.2, -0.15) is 0 Å². The molecule has 22 N–H and O–H groups in total. The minimum Gasteiger partial charge on any atom is -0.477 e. The van der Waals surface area contributed by atoms with Crippen molar-refractivity contribution in [1.82, 2.24) is 10.6 Å². The normalized spacial score (nSPS) is 47.7. The van der Waals surface area contributed by atoms with E-state index in [-0.39, 0.29) is 0 Å². The van der Waals surface area contributed by atoms with Crippen molar-refractivity contribution in [2.24, 2.45) is 0 Å². The Labute approximate surface area is 446 Å². The molecule has 0 radical (unpaired) electrons. The summed E-state index contributed by atoms with van der Waals surface area (Å²) in [6, 6.07) is -3.57. The van der Waals surface area contributed by atoms with Crippen molar-refractivity contribution in [3.63, 3.8) is 0 Å². The van der Waals surface area contributed by atoms with Crippen molar-refractivity contribution in [3.8, 4) is 0 Å². The van der Waals surface area contributed by atoms with Gasteiger partial charge in [0.25, 0.3) is 5.79 Å². The molecule has 458 valence electrons. The quantitative estimate of drug-likeness (QED) is 0.0507. The lowest BCUT2D eigenvalue weighted by molar-refractivity contribution is -0.393. The summed E-state index contributed by atoms with van der Waals surface area (Å²) in [6.07, 6.45) is -58.4. The lowest BCUT2D eigenvalue weighted by atomic mass is 9.88. The Morgan fingerprint density at radius 1 is 0.494 bits per heavy atom. The topological polar surface area (TPSA) is 581 Å². The molecule has 2 amide bonds. The molecule has 0 aromatic heterocycles. The minimum absolute atomic E-state index is 0.829. The molecule has 0 saturated carbocycles. The van der Waals surface area contributed by atoms with Crippen LogP contribution in [-0.2, 0) is 66.5 Å². The number of ether oxygens (including phenoxy) is 11. The fraction of sp³-hybridized carbons (Fsp3) is 0.930. The average molecular weight is 1160 g/mol. The first-order valence-electron chi connectivity index (χ1n) is 24.8. The smallest absolute Gasteiger partial charge is 0.364 e. The van der Waals surface area contributed by atoms with E-state index in [9.17, 15) is 117 Å². The lowest BCUT2D eigenvalue weighted by Crippen LogP contribution is -2.71. The predicted molar refractivity (Wildman–Crippen MR) is 240 cm³/mol. The molecule has 6 saturated heterocycles. The average Bonchev–Trinajstić information content (AvgIpc) is 3.54. The van der Waals surface area contributed by atoms with Crippen LogP contribution < -0.4 is 10.6 Å². The van der Waals surface area contributed by atoms with Gasteiger partial charge in [0.15, 0.2) is 31.5 Å².